The number of benzene rings is 2. The van der Waals surface area contributed by atoms with Crippen LogP contribution in [0.1, 0.15) is 113 Å². The first-order valence-corrected chi connectivity index (χ1v) is 19.1. The molecule has 0 amide bonds. The third kappa shape index (κ3) is 9.80. The molecule has 5 aromatic rings. The van der Waals surface area contributed by atoms with Crippen molar-refractivity contribution in [1.29, 1.82) is 0 Å². The zero-order valence-corrected chi connectivity index (χ0v) is 35.6. The van der Waals surface area contributed by atoms with E-state index < -0.39 is 0 Å². The molecule has 0 saturated carbocycles. The van der Waals surface area contributed by atoms with Crippen LogP contribution in [0.2, 0.25) is 0 Å². The number of rotatable bonds is 11. The van der Waals surface area contributed by atoms with E-state index in [-0.39, 0.29) is 47.9 Å². The van der Waals surface area contributed by atoms with E-state index in [0.29, 0.717) is 5.92 Å². The number of fused-ring (bicyclic) bond motifs is 2. The second kappa shape index (κ2) is 17.5. The Hall–Kier alpha value is -3.25. The van der Waals surface area contributed by atoms with Gasteiger partial charge < -0.3 is 5.11 Å². The average Bonchev–Trinajstić information content (AvgIpc) is 3.51. The smallest absolute Gasteiger partial charge is 0.164 e. The van der Waals surface area contributed by atoms with Crippen LogP contribution in [0.3, 0.4) is 0 Å². The van der Waals surface area contributed by atoms with Crippen molar-refractivity contribution in [3.05, 3.63) is 89.3 Å². The summed E-state index contributed by atoms with van der Waals surface area (Å²) in [4.78, 5) is 27.3. The fourth-order valence-corrected chi connectivity index (χ4v) is 6.98. The number of nitrogens with zero attached hydrogens (tertiary/aromatic N) is 3. The number of thiophene rings is 1. The minimum Gasteiger partial charge on any atom is -0.512 e. The van der Waals surface area contributed by atoms with Crippen molar-refractivity contribution in [3.63, 3.8) is 0 Å². The molecule has 3 aromatic heterocycles. The van der Waals surface area contributed by atoms with Gasteiger partial charge in [0.05, 0.1) is 11.4 Å². The molecule has 5 nitrogen and oxygen atoms in total. The molecule has 0 aliphatic heterocycles. The minimum absolute atomic E-state index is 0. The Labute approximate surface area is 323 Å². The number of pyridine rings is 1. The van der Waals surface area contributed by atoms with Crippen molar-refractivity contribution in [2.45, 2.75) is 114 Å². The first-order chi connectivity index (χ1) is 23.6. The summed E-state index contributed by atoms with van der Waals surface area (Å²) in [6.45, 7) is 23.3. The number of aromatic nitrogens is 3. The van der Waals surface area contributed by atoms with Gasteiger partial charge in [0.25, 0.3) is 0 Å². The van der Waals surface area contributed by atoms with E-state index in [9.17, 15) is 9.90 Å². The van der Waals surface area contributed by atoms with E-state index in [2.05, 4.69) is 98.5 Å². The quantitative estimate of drug-likeness (QED) is 0.0812. The van der Waals surface area contributed by atoms with Gasteiger partial charge in [-0.3, -0.25) is 9.78 Å². The summed E-state index contributed by atoms with van der Waals surface area (Å²) in [6, 6.07) is 20.6. The predicted octanol–water partition coefficient (Wildman–Crippen LogP) is 12.5. The van der Waals surface area contributed by atoms with E-state index in [0.717, 1.165) is 65.0 Å². The molecule has 3 heterocycles. The summed E-state index contributed by atoms with van der Waals surface area (Å²) in [5.41, 5.74) is 5.65. The molecule has 275 valence electrons. The number of aliphatic hydroxyl groups is 1. The summed E-state index contributed by atoms with van der Waals surface area (Å²) in [6.07, 6.45) is 7.46. The van der Waals surface area contributed by atoms with Gasteiger partial charge in [0.15, 0.2) is 5.78 Å². The maximum Gasteiger partial charge on any atom is 0.164 e. The number of carbonyl (C=O) groups excluding carboxylic acids is 1. The number of carbonyl (C=O) groups is 1. The molecule has 1 radical (unpaired) electrons. The van der Waals surface area contributed by atoms with Gasteiger partial charge in [0.1, 0.15) is 16.9 Å². The van der Waals surface area contributed by atoms with Gasteiger partial charge in [0.2, 0.25) is 0 Å². The van der Waals surface area contributed by atoms with E-state index in [1.165, 1.54) is 28.0 Å². The fraction of sp³-hybridized carbons (Fsp3) is 0.455. The van der Waals surface area contributed by atoms with Crippen LogP contribution in [-0.4, -0.2) is 25.8 Å². The molecule has 0 atom stereocenters. The van der Waals surface area contributed by atoms with Crippen molar-refractivity contribution < 1.29 is 30.0 Å². The van der Waals surface area contributed by atoms with Crippen LogP contribution < -0.4 is 0 Å². The molecule has 0 aliphatic carbocycles. The minimum atomic E-state index is -0.337. The van der Waals surface area contributed by atoms with E-state index in [1.807, 2.05) is 47.6 Å². The normalized spacial score (nSPS) is 12.5. The standard InChI is InChI=1S/C29H28N3S.C15H28O2.Ir/c1-18(2)12-21-16-33-28-23(21)10-11-25(32-28)27-15-26(30-17-31-27)20-13-19-8-6-7-9-22(19)24(14-20)29(3,4)5;1-7-14(5,8-2)12(16)11-13(17)15(6,9-3)10-4;/h6-11,14-18H,12H2,1-5H3;11,16H,7-10H2,1-6H3;/q-1;;/b;12-11-;. The van der Waals surface area contributed by atoms with Gasteiger partial charge in [-0.2, -0.15) is 0 Å². The van der Waals surface area contributed by atoms with Crippen molar-refractivity contribution in [3.8, 4) is 22.6 Å². The molecule has 0 unspecified atom stereocenters. The molecule has 0 fully saturated rings. The van der Waals surface area contributed by atoms with Gasteiger partial charge in [-0.1, -0.05) is 105 Å². The molecule has 0 saturated heterocycles. The summed E-state index contributed by atoms with van der Waals surface area (Å²) in [7, 11) is 0. The number of hydrogen-bond acceptors (Lipinski definition) is 6. The van der Waals surface area contributed by atoms with Gasteiger partial charge in [-0.15, -0.1) is 40.5 Å². The number of allylic oxidation sites excluding steroid dienone is 2. The summed E-state index contributed by atoms with van der Waals surface area (Å²) < 4.78 is 0. The molecule has 51 heavy (non-hydrogen) atoms. The van der Waals surface area contributed by atoms with Crippen LogP contribution >= 0.6 is 11.3 Å². The number of aliphatic hydroxyl groups excluding tert-OH is 1. The Balaban J connectivity index is 0.000000335. The second-order valence-corrected chi connectivity index (χ2v) is 16.4. The van der Waals surface area contributed by atoms with Crippen molar-refractivity contribution in [2.24, 2.45) is 16.7 Å². The zero-order valence-electron chi connectivity index (χ0n) is 32.4. The van der Waals surface area contributed by atoms with Crippen molar-refractivity contribution in [1.82, 2.24) is 15.0 Å². The van der Waals surface area contributed by atoms with Crippen LogP contribution in [0, 0.1) is 22.8 Å². The maximum atomic E-state index is 12.2. The molecule has 1 N–H and O–H groups in total. The molecular weight excluding hydrogens is 827 g/mol. The fourth-order valence-electron chi connectivity index (χ4n) is 6.02. The monoisotopic (exact) mass is 883 g/mol. The molecular formula is C44H56IrN3O2S-. The summed E-state index contributed by atoms with van der Waals surface area (Å²) in [5, 5.41) is 16.0. The van der Waals surface area contributed by atoms with Gasteiger partial charge in [0, 0.05) is 48.1 Å². The third-order valence-electron chi connectivity index (χ3n) is 10.5. The van der Waals surface area contributed by atoms with E-state index >= 15 is 0 Å². The zero-order chi connectivity index (χ0) is 36.9. The van der Waals surface area contributed by atoms with Crippen LogP contribution in [0.25, 0.3) is 43.6 Å². The van der Waals surface area contributed by atoms with E-state index in [4.69, 9.17) is 4.98 Å². The molecule has 0 spiro atoms. The first-order valence-electron chi connectivity index (χ1n) is 18.2. The largest absolute Gasteiger partial charge is 0.512 e. The maximum absolute atomic E-state index is 12.2. The summed E-state index contributed by atoms with van der Waals surface area (Å²) in [5.74, 6) is 0.914. The van der Waals surface area contributed by atoms with Gasteiger partial charge >= 0.3 is 0 Å². The van der Waals surface area contributed by atoms with Crippen molar-refractivity contribution >= 4 is 38.1 Å². The van der Waals surface area contributed by atoms with E-state index in [1.54, 1.807) is 17.7 Å². The Morgan fingerprint density at radius 1 is 0.843 bits per heavy atom. The van der Waals surface area contributed by atoms with Crippen LogP contribution in [0.15, 0.2) is 72.1 Å². The molecule has 2 aromatic carbocycles. The van der Waals surface area contributed by atoms with Crippen molar-refractivity contribution in [2.75, 3.05) is 0 Å². The van der Waals surface area contributed by atoms with Crippen LogP contribution in [-0.2, 0) is 36.7 Å². The Kier molecular flexibility index (Phi) is 14.5. The Bertz CT molecular complexity index is 1960. The second-order valence-electron chi connectivity index (χ2n) is 15.5. The number of ketones is 1. The SMILES string of the molecule is CC(C)Cc1csc2nc(-c3cc(-c4[c-]c5ccccc5c(C(C)(C)C)c4)ncn3)ccc12.CCC(C)(CC)C(=O)/C=C(\O)C(C)(CC)CC.[Ir]. The number of hydrogen-bond donors (Lipinski definition) is 1. The Morgan fingerprint density at radius 3 is 2.08 bits per heavy atom. The predicted molar refractivity (Wildman–Crippen MR) is 213 cm³/mol. The average molecular weight is 883 g/mol. The molecule has 0 aliphatic rings. The molecule has 7 heteroatoms. The first kappa shape index (κ1) is 42.2. The topological polar surface area (TPSA) is 76.0 Å². The van der Waals surface area contributed by atoms with Gasteiger partial charge in [-0.05, 0) is 72.6 Å². The van der Waals surface area contributed by atoms with Crippen LogP contribution in [0.4, 0.5) is 0 Å². The Morgan fingerprint density at radius 2 is 1.47 bits per heavy atom. The van der Waals surface area contributed by atoms with Gasteiger partial charge in [-0.25, -0.2) is 9.97 Å². The third-order valence-corrected chi connectivity index (χ3v) is 11.5. The summed E-state index contributed by atoms with van der Waals surface area (Å²) >= 11 is 1.71. The van der Waals surface area contributed by atoms with Crippen LogP contribution in [0.5, 0.6) is 0 Å². The molecule has 0 bridgehead atoms. The molecule has 5 rings (SSSR count).